The van der Waals surface area contributed by atoms with Crippen LogP contribution in [-0.2, 0) is 15.6 Å². The van der Waals surface area contributed by atoms with Crippen molar-refractivity contribution < 1.29 is 9.16 Å². The van der Waals surface area contributed by atoms with Gasteiger partial charge in [-0.15, -0.1) is 0 Å². The molecule has 5 aromatic rings. The summed E-state index contributed by atoms with van der Waals surface area (Å²) in [6, 6.07) is 33.3. The van der Waals surface area contributed by atoms with Crippen molar-refractivity contribution in [3.63, 3.8) is 0 Å². The summed E-state index contributed by atoms with van der Waals surface area (Å²) in [6.07, 6.45) is 8.04. The summed E-state index contributed by atoms with van der Waals surface area (Å²) >= 11 is 0. The second-order valence-corrected chi connectivity index (χ2v) is 20.1. The fourth-order valence-electron chi connectivity index (χ4n) is 8.31. The van der Waals surface area contributed by atoms with E-state index >= 15 is 0 Å². The van der Waals surface area contributed by atoms with E-state index in [-0.39, 0.29) is 34.7 Å². The first-order valence-corrected chi connectivity index (χ1v) is 19.5. The highest BCUT2D eigenvalue weighted by atomic mass is 28.4. The summed E-state index contributed by atoms with van der Waals surface area (Å²) < 4.78 is 16.7. The number of nitrogens with one attached hydrogen (secondary N) is 1. The van der Waals surface area contributed by atoms with E-state index in [2.05, 4.69) is 149 Å². The van der Waals surface area contributed by atoms with Crippen molar-refractivity contribution in [1.29, 1.82) is 0 Å². The van der Waals surface area contributed by atoms with E-state index in [1.807, 2.05) is 0 Å². The monoisotopic (exact) mass is 658 g/mol. The molecule has 4 atom stereocenters. The van der Waals surface area contributed by atoms with Gasteiger partial charge in [0.2, 0.25) is 0 Å². The minimum absolute atomic E-state index is 0.0695. The summed E-state index contributed by atoms with van der Waals surface area (Å²) in [5.74, 6) is 1.15. The zero-order valence-electron chi connectivity index (χ0n) is 29.3. The molecule has 2 aliphatic carbocycles. The Morgan fingerprint density at radius 3 is 2.15 bits per heavy atom. The maximum Gasteiger partial charge on any atom is 0.261 e. The molecule has 0 spiro atoms. The zero-order chi connectivity index (χ0) is 33.5. The minimum atomic E-state index is -2.68. The van der Waals surface area contributed by atoms with Gasteiger partial charge in [-0.1, -0.05) is 106 Å². The Hall–Kier alpha value is -3.78. The highest BCUT2D eigenvalue weighted by Crippen LogP contribution is 2.43. The first-order valence-electron chi connectivity index (χ1n) is 17.6. The molecule has 2 aromatic heterocycles. The van der Waals surface area contributed by atoms with Crippen molar-refractivity contribution in [3.8, 4) is 0 Å². The van der Waals surface area contributed by atoms with Crippen molar-refractivity contribution >= 4 is 35.5 Å². The Labute approximate surface area is 287 Å². The van der Waals surface area contributed by atoms with Crippen LogP contribution in [0.25, 0.3) is 11.0 Å². The van der Waals surface area contributed by atoms with Gasteiger partial charge in [0.15, 0.2) is 0 Å². The van der Waals surface area contributed by atoms with E-state index in [0.29, 0.717) is 6.61 Å². The van der Waals surface area contributed by atoms with Crippen molar-refractivity contribution in [3.05, 3.63) is 115 Å². The van der Waals surface area contributed by atoms with Crippen molar-refractivity contribution in [2.24, 2.45) is 5.92 Å². The summed E-state index contributed by atoms with van der Waals surface area (Å²) in [5.41, 5.74) is 3.53. The van der Waals surface area contributed by atoms with Crippen LogP contribution in [0.4, 0.5) is 5.82 Å². The molecule has 1 fully saturated rings. The van der Waals surface area contributed by atoms with E-state index in [1.165, 1.54) is 21.5 Å². The lowest BCUT2D eigenvalue weighted by molar-refractivity contribution is -0.0816. The smallest absolute Gasteiger partial charge is 0.261 e. The van der Waals surface area contributed by atoms with Gasteiger partial charge in [-0.3, -0.25) is 0 Å². The fourth-order valence-corrected chi connectivity index (χ4v) is 12.9. The van der Waals surface area contributed by atoms with Crippen LogP contribution in [0.3, 0.4) is 0 Å². The van der Waals surface area contributed by atoms with Crippen molar-refractivity contribution in [1.82, 2.24) is 14.5 Å². The second kappa shape index (κ2) is 12.9. The van der Waals surface area contributed by atoms with Crippen LogP contribution in [-0.4, -0.2) is 41.2 Å². The quantitative estimate of drug-likeness (QED) is 0.162. The lowest BCUT2D eigenvalue weighted by Crippen LogP contribution is -2.67. The molecule has 2 heterocycles. The third-order valence-corrected chi connectivity index (χ3v) is 15.4. The molecular weight excluding hydrogens is 609 g/mol. The van der Waals surface area contributed by atoms with Crippen molar-refractivity contribution in [2.75, 3.05) is 11.9 Å². The van der Waals surface area contributed by atoms with Gasteiger partial charge >= 0.3 is 0 Å². The van der Waals surface area contributed by atoms with Gasteiger partial charge in [0.1, 0.15) is 17.8 Å². The van der Waals surface area contributed by atoms with Gasteiger partial charge < -0.3 is 19.0 Å². The van der Waals surface area contributed by atoms with Gasteiger partial charge in [0.25, 0.3) is 8.32 Å². The van der Waals surface area contributed by atoms with Gasteiger partial charge in [-0.2, -0.15) is 0 Å². The summed E-state index contributed by atoms with van der Waals surface area (Å²) in [4.78, 5) is 9.56. The Morgan fingerprint density at radius 2 is 1.48 bits per heavy atom. The Kier molecular flexibility index (Phi) is 8.81. The molecule has 0 aliphatic heterocycles. The summed E-state index contributed by atoms with van der Waals surface area (Å²) in [5, 5.41) is 7.38. The highest BCUT2D eigenvalue weighted by molar-refractivity contribution is 6.99. The molecule has 1 saturated carbocycles. The number of rotatable bonds is 9. The van der Waals surface area contributed by atoms with Crippen LogP contribution < -0.4 is 15.7 Å². The molecule has 250 valence electrons. The molecule has 0 saturated heterocycles. The SMILES string of the molecule is CC(C)(C)OC1CC(n2ccc3c(NC4CCc5ccccc54)ncnc32)CC1CO[Si](c1ccccc1)(c1ccccc1)C(C)(C)C. The number of hydrogen-bond acceptors (Lipinski definition) is 5. The van der Waals surface area contributed by atoms with Crippen LogP contribution in [0.2, 0.25) is 5.04 Å². The first-order chi connectivity index (χ1) is 23.0. The normalized spacial score (nSPS) is 21.5. The first kappa shape index (κ1) is 32.7. The number of aryl methyl sites for hydroxylation is 1. The summed E-state index contributed by atoms with van der Waals surface area (Å²) in [6.45, 7) is 14.2. The lowest BCUT2D eigenvalue weighted by Gasteiger charge is -2.44. The number of fused-ring (bicyclic) bond motifs is 2. The van der Waals surface area contributed by atoms with E-state index in [4.69, 9.17) is 19.1 Å². The Balaban J connectivity index is 1.18. The maximum absolute atomic E-state index is 7.48. The van der Waals surface area contributed by atoms with Crippen LogP contribution in [0.5, 0.6) is 0 Å². The fraction of sp³-hybridized carbons (Fsp3) is 0.415. The standard InChI is InChI=1S/C41H50N4O2Si/c1-40(2,3)47-37-26-31(45-24-23-35-38(42-28-43-39(35)45)44-36-22-21-29-15-13-14-20-34(29)36)25-30(37)27-46-48(41(4,5)6,32-16-9-7-10-17-32)33-18-11-8-12-19-33/h7-20,23-24,28,30-31,36-37H,21-22,25-27H2,1-6H3,(H,42,43,44). The second-order valence-electron chi connectivity index (χ2n) is 15.7. The number of aromatic nitrogens is 3. The van der Waals surface area contributed by atoms with Crippen LogP contribution in [0, 0.1) is 5.92 Å². The van der Waals surface area contributed by atoms with Gasteiger partial charge in [-0.05, 0) is 79.1 Å². The number of nitrogens with zero attached hydrogens (tertiary/aromatic N) is 3. The zero-order valence-corrected chi connectivity index (χ0v) is 30.3. The highest BCUT2D eigenvalue weighted by Gasteiger charge is 2.51. The van der Waals surface area contributed by atoms with Crippen molar-refractivity contribution in [2.45, 2.75) is 96.1 Å². The van der Waals surface area contributed by atoms with Crippen LogP contribution in [0.1, 0.15) is 84.0 Å². The molecule has 6 nitrogen and oxygen atoms in total. The van der Waals surface area contributed by atoms with Gasteiger partial charge in [0, 0.05) is 24.8 Å². The number of anilines is 1. The molecule has 7 heteroatoms. The Bertz CT molecular complexity index is 1800. The maximum atomic E-state index is 7.48. The van der Waals surface area contributed by atoms with Gasteiger partial charge in [0.05, 0.1) is 23.1 Å². The molecule has 0 radical (unpaired) electrons. The van der Waals surface area contributed by atoms with E-state index < -0.39 is 8.32 Å². The molecule has 4 unspecified atom stereocenters. The molecule has 3 aromatic carbocycles. The average molecular weight is 659 g/mol. The van der Waals surface area contributed by atoms with E-state index in [9.17, 15) is 0 Å². The third kappa shape index (κ3) is 6.24. The topological polar surface area (TPSA) is 61.2 Å². The van der Waals surface area contributed by atoms with E-state index in [1.54, 1.807) is 6.33 Å². The predicted molar refractivity (Wildman–Crippen MR) is 199 cm³/mol. The molecule has 48 heavy (non-hydrogen) atoms. The third-order valence-electron chi connectivity index (χ3n) is 10.4. The molecule has 7 rings (SSSR count). The molecule has 0 amide bonds. The van der Waals surface area contributed by atoms with Crippen LogP contribution in [0.15, 0.2) is 104 Å². The minimum Gasteiger partial charge on any atom is -0.407 e. The predicted octanol–water partition coefficient (Wildman–Crippen LogP) is 8.24. The number of benzene rings is 3. The average Bonchev–Trinajstić information content (AvgIpc) is 3.79. The largest absolute Gasteiger partial charge is 0.407 e. The molecule has 2 aliphatic rings. The Morgan fingerprint density at radius 1 is 0.812 bits per heavy atom. The molecule has 0 bridgehead atoms. The van der Waals surface area contributed by atoms with E-state index in [0.717, 1.165) is 42.5 Å². The molecular formula is C41H50N4O2Si. The van der Waals surface area contributed by atoms with Crippen LogP contribution >= 0.6 is 0 Å². The lowest BCUT2D eigenvalue weighted by atomic mass is 10.1. The molecule has 1 N–H and O–H groups in total. The number of hydrogen-bond donors (Lipinski definition) is 1. The van der Waals surface area contributed by atoms with Gasteiger partial charge in [-0.25, -0.2) is 9.97 Å². The summed E-state index contributed by atoms with van der Waals surface area (Å²) in [7, 11) is -2.68. The number of ether oxygens (including phenoxy) is 1.